The number of hydrogen-bond acceptors (Lipinski definition) is 3. The van der Waals surface area contributed by atoms with Gasteiger partial charge in [-0.1, -0.05) is 12.1 Å². The molecule has 1 saturated heterocycles. The minimum Gasteiger partial charge on any atom is -0.459 e. The van der Waals surface area contributed by atoms with Crippen LogP contribution in [-0.4, -0.2) is 30.1 Å². The average Bonchev–Trinajstić information content (AvgIpc) is 3.27. The van der Waals surface area contributed by atoms with E-state index in [1.165, 1.54) is 0 Å². The molecule has 4 nitrogen and oxygen atoms in total. The molecule has 4 rings (SSSR count). The minimum atomic E-state index is -0.902. The summed E-state index contributed by atoms with van der Waals surface area (Å²) < 4.78 is 19.1. The summed E-state index contributed by atoms with van der Waals surface area (Å²) in [4.78, 5) is 14.0. The van der Waals surface area contributed by atoms with E-state index in [1.807, 2.05) is 37.3 Å². The zero-order valence-corrected chi connectivity index (χ0v) is 14.7. The lowest BCUT2D eigenvalue weighted by molar-refractivity contribution is 0.0783. The largest absolute Gasteiger partial charge is 0.459 e. The molecule has 2 N–H and O–H groups in total. The maximum Gasteiger partial charge on any atom is 0.253 e. The second-order valence-electron chi connectivity index (χ2n) is 6.84. The fraction of sp³-hybridized carbons (Fsp3) is 0.286. The number of aryl methyl sites for hydroxylation is 1. The third kappa shape index (κ3) is 2.99. The van der Waals surface area contributed by atoms with Gasteiger partial charge in [0, 0.05) is 17.5 Å². The number of carbonyl (C=O) groups is 1. The molecule has 5 heteroatoms. The van der Waals surface area contributed by atoms with Crippen molar-refractivity contribution in [2.45, 2.75) is 26.1 Å². The SMILES string of the molecule is Cc1cc(-c2ccc(C(=O)N3CC[C@@H](F)C3)cc2)cc2cc(CN)oc12. The molecule has 26 heavy (non-hydrogen) atoms. The second-order valence-corrected chi connectivity index (χ2v) is 6.84. The van der Waals surface area contributed by atoms with Gasteiger partial charge in [0.1, 0.15) is 17.5 Å². The third-order valence-electron chi connectivity index (χ3n) is 4.94. The Labute approximate surface area is 151 Å². The summed E-state index contributed by atoms with van der Waals surface area (Å²) in [6, 6.07) is 13.6. The molecule has 1 amide bonds. The number of benzene rings is 2. The Balaban J connectivity index is 1.62. The van der Waals surface area contributed by atoms with E-state index in [2.05, 4.69) is 12.1 Å². The predicted octanol–water partition coefficient (Wildman–Crippen LogP) is 4.05. The Bertz CT molecular complexity index is 962. The summed E-state index contributed by atoms with van der Waals surface area (Å²) in [5.41, 5.74) is 10.2. The van der Waals surface area contributed by atoms with Crippen LogP contribution in [0.4, 0.5) is 4.39 Å². The third-order valence-corrected chi connectivity index (χ3v) is 4.94. The van der Waals surface area contributed by atoms with Gasteiger partial charge in [0.25, 0.3) is 5.91 Å². The molecule has 0 saturated carbocycles. The highest BCUT2D eigenvalue weighted by molar-refractivity contribution is 5.95. The van der Waals surface area contributed by atoms with E-state index in [0.717, 1.165) is 33.4 Å². The number of carbonyl (C=O) groups excluding carboxylic acids is 1. The standard InChI is InChI=1S/C21H21FN2O2/c1-13-8-16(9-17-10-19(11-23)26-20(13)17)14-2-4-15(5-3-14)21(25)24-7-6-18(22)12-24/h2-5,8-10,18H,6-7,11-12,23H2,1H3/t18-/m1/s1. The summed E-state index contributed by atoms with van der Waals surface area (Å²) in [5.74, 6) is 0.656. The molecular weight excluding hydrogens is 331 g/mol. The number of hydrogen-bond donors (Lipinski definition) is 1. The van der Waals surface area contributed by atoms with Gasteiger partial charge in [0.2, 0.25) is 0 Å². The number of amides is 1. The van der Waals surface area contributed by atoms with E-state index in [0.29, 0.717) is 25.1 Å². The Morgan fingerprint density at radius 1 is 1.23 bits per heavy atom. The first kappa shape index (κ1) is 16.8. The number of likely N-dealkylation sites (tertiary alicyclic amines) is 1. The van der Waals surface area contributed by atoms with Crippen LogP contribution in [0.1, 0.15) is 28.1 Å². The highest BCUT2D eigenvalue weighted by Crippen LogP contribution is 2.30. The van der Waals surface area contributed by atoms with Crippen LogP contribution < -0.4 is 5.73 Å². The van der Waals surface area contributed by atoms with E-state index in [-0.39, 0.29) is 12.5 Å². The Morgan fingerprint density at radius 3 is 2.65 bits per heavy atom. The zero-order valence-electron chi connectivity index (χ0n) is 14.7. The minimum absolute atomic E-state index is 0.106. The van der Waals surface area contributed by atoms with Gasteiger partial charge in [0.15, 0.2) is 0 Å². The van der Waals surface area contributed by atoms with Crippen molar-refractivity contribution in [3.63, 3.8) is 0 Å². The molecule has 1 atom stereocenters. The van der Waals surface area contributed by atoms with Crippen LogP contribution in [0.5, 0.6) is 0 Å². The zero-order chi connectivity index (χ0) is 18.3. The van der Waals surface area contributed by atoms with Crippen molar-refractivity contribution in [2.24, 2.45) is 5.73 Å². The van der Waals surface area contributed by atoms with Crippen LogP contribution in [-0.2, 0) is 6.54 Å². The van der Waals surface area contributed by atoms with Gasteiger partial charge in [-0.2, -0.15) is 0 Å². The van der Waals surface area contributed by atoms with Crippen LogP contribution in [0, 0.1) is 6.92 Å². The van der Waals surface area contributed by atoms with Crippen molar-refractivity contribution < 1.29 is 13.6 Å². The highest BCUT2D eigenvalue weighted by Gasteiger charge is 2.26. The van der Waals surface area contributed by atoms with E-state index in [9.17, 15) is 9.18 Å². The number of alkyl halides is 1. The fourth-order valence-corrected chi connectivity index (χ4v) is 3.54. The molecule has 1 fully saturated rings. The van der Waals surface area contributed by atoms with Crippen molar-refractivity contribution in [2.75, 3.05) is 13.1 Å². The van der Waals surface area contributed by atoms with Crippen molar-refractivity contribution in [3.05, 3.63) is 59.4 Å². The Kier molecular flexibility index (Phi) is 4.24. The van der Waals surface area contributed by atoms with E-state index < -0.39 is 6.17 Å². The maximum absolute atomic E-state index is 13.3. The van der Waals surface area contributed by atoms with Crippen LogP contribution >= 0.6 is 0 Å². The van der Waals surface area contributed by atoms with Crippen molar-refractivity contribution >= 4 is 16.9 Å². The quantitative estimate of drug-likeness (QED) is 0.773. The Morgan fingerprint density at radius 2 is 2.00 bits per heavy atom. The van der Waals surface area contributed by atoms with Gasteiger partial charge < -0.3 is 15.1 Å². The lowest BCUT2D eigenvalue weighted by Crippen LogP contribution is -2.28. The number of furan rings is 1. The van der Waals surface area contributed by atoms with E-state index >= 15 is 0 Å². The fourth-order valence-electron chi connectivity index (χ4n) is 3.54. The molecule has 1 aromatic heterocycles. The van der Waals surface area contributed by atoms with Crippen molar-refractivity contribution in [1.82, 2.24) is 4.90 Å². The molecule has 0 radical (unpaired) electrons. The number of nitrogens with two attached hydrogens (primary N) is 1. The number of rotatable bonds is 3. The molecular formula is C21H21FN2O2. The monoisotopic (exact) mass is 352 g/mol. The van der Waals surface area contributed by atoms with Crippen LogP contribution in [0.3, 0.4) is 0 Å². The molecule has 0 bridgehead atoms. The van der Waals surface area contributed by atoms with Crippen molar-refractivity contribution in [3.8, 4) is 11.1 Å². The topological polar surface area (TPSA) is 59.5 Å². The predicted molar refractivity (Wildman–Crippen MR) is 99.7 cm³/mol. The van der Waals surface area contributed by atoms with Gasteiger partial charge in [-0.05, 0) is 60.4 Å². The van der Waals surface area contributed by atoms with Gasteiger partial charge in [-0.25, -0.2) is 4.39 Å². The first-order chi connectivity index (χ1) is 12.5. The molecule has 2 heterocycles. The van der Waals surface area contributed by atoms with Gasteiger partial charge in [-0.3, -0.25) is 4.79 Å². The molecule has 3 aromatic rings. The summed E-state index contributed by atoms with van der Waals surface area (Å²) in [7, 11) is 0. The number of halogens is 1. The highest BCUT2D eigenvalue weighted by atomic mass is 19.1. The van der Waals surface area contributed by atoms with Crippen LogP contribution in [0.25, 0.3) is 22.1 Å². The summed E-state index contributed by atoms with van der Waals surface area (Å²) in [6.07, 6.45) is -0.472. The molecule has 2 aromatic carbocycles. The van der Waals surface area contributed by atoms with Crippen LogP contribution in [0.15, 0.2) is 46.9 Å². The summed E-state index contributed by atoms with van der Waals surface area (Å²) in [6.45, 7) is 3.06. The molecule has 1 aliphatic rings. The molecule has 0 spiro atoms. The maximum atomic E-state index is 13.3. The average molecular weight is 352 g/mol. The second kappa shape index (κ2) is 6.57. The Hall–Kier alpha value is -2.66. The lowest BCUT2D eigenvalue weighted by Gasteiger charge is -2.15. The van der Waals surface area contributed by atoms with E-state index in [4.69, 9.17) is 10.2 Å². The molecule has 0 unspecified atom stereocenters. The smallest absolute Gasteiger partial charge is 0.253 e. The number of fused-ring (bicyclic) bond motifs is 1. The number of nitrogens with zero attached hydrogens (tertiary/aromatic N) is 1. The van der Waals surface area contributed by atoms with Gasteiger partial charge in [0.05, 0.1) is 13.1 Å². The van der Waals surface area contributed by atoms with Gasteiger partial charge >= 0.3 is 0 Å². The first-order valence-corrected chi connectivity index (χ1v) is 8.82. The van der Waals surface area contributed by atoms with Gasteiger partial charge in [-0.15, -0.1) is 0 Å². The van der Waals surface area contributed by atoms with Crippen molar-refractivity contribution in [1.29, 1.82) is 0 Å². The molecule has 134 valence electrons. The molecule has 0 aliphatic carbocycles. The van der Waals surface area contributed by atoms with E-state index in [1.54, 1.807) is 4.90 Å². The summed E-state index contributed by atoms with van der Waals surface area (Å²) >= 11 is 0. The van der Waals surface area contributed by atoms with Crippen LogP contribution in [0.2, 0.25) is 0 Å². The normalized spacial score (nSPS) is 17.2. The first-order valence-electron chi connectivity index (χ1n) is 8.82. The lowest BCUT2D eigenvalue weighted by atomic mass is 10.00. The molecule has 1 aliphatic heterocycles. The summed E-state index contributed by atoms with van der Waals surface area (Å²) in [5, 5.41) is 1.02.